The predicted octanol–water partition coefficient (Wildman–Crippen LogP) is 2.77. The summed E-state index contributed by atoms with van der Waals surface area (Å²) in [4.78, 5) is 19.9. The Labute approximate surface area is 128 Å². The van der Waals surface area contributed by atoms with E-state index in [-0.39, 0.29) is 5.56 Å². The number of carbonyl (C=O) groups excluding carboxylic acids is 1. The van der Waals surface area contributed by atoms with E-state index in [1.54, 1.807) is 6.07 Å². The number of hydrogen-bond donors (Lipinski definition) is 3. The molecule has 5 N–H and O–H groups in total. The molecule has 0 unspecified atom stereocenters. The number of aromatic nitrogens is 2. The molecule has 21 heavy (non-hydrogen) atoms. The van der Waals surface area contributed by atoms with Gasteiger partial charge in [-0.15, -0.1) is 0 Å². The summed E-state index contributed by atoms with van der Waals surface area (Å²) < 4.78 is 0.932. The van der Waals surface area contributed by atoms with Gasteiger partial charge >= 0.3 is 0 Å². The predicted molar refractivity (Wildman–Crippen MR) is 85.1 cm³/mol. The van der Waals surface area contributed by atoms with Crippen LogP contribution in [0.15, 0.2) is 30.5 Å². The van der Waals surface area contributed by atoms with Crippen LogP contribution in [0.2, 0.25) is 5.02 Å². The van der Waals surface area contributed by atoms with Crippen LogP contribution in [0.25, 0.3) is 10.2 Å². The van der Waals surface area contributed by atoms with Gasteiger partial charge in [-0.1, -0.05) is 22.9 Å². The summed E-state index contributed by atoms with van der Waals surface area (Å²) in [6.45, 7) is 0. The van der Waals surface area contributed by atoms with Gasteiger partial charge in [-0.2, -0.15) is 0 Å². The number of nitrogens with zero attached hydrogens (tertiary/aromatic N) is 2. The highest BCUT2D eigenvalue weighted by molar-refractivity contribution is 7.22. The molecule has 0 aliphatic heterocycles. The number of hydrogen-bond acceptors (Lipinski definition) is 6. The average molecular weight is 320 g/mol. The molecule has 8 heteroatoms. The quantitative estimate of drug-likeness (QED) is 0.688. The van der Waals surface area contributed by atoms with E-state index in [1.165, 1.54) is 23.6 Å². The summed E-state index contributed by atoms with van der Waals surface area (Å²) in [6, 6.07) is 6.89. The average Bonchev–Trinajstić information content (AvgIpc) is 2.82. The molecular weight excluding hydrogens is 310 g/mol. The lowest BCUT2D eigenvalue weighted by Crippen LogP contribution is -2.14. The van der Waals surface area contributed by atoms with E-state index in [2.05, 4.69) is 15.3 Å². The molecule has 0 saturated carbocycles. The number of carbonyl (C=O) groups is 1. The number of nitrogen functional groups attached to an aromatic ring is 1. The normalized spacial score (nSPS) is 10.7. The van der Waals surface area contributed by atoms with E-state index >= 15 is 0 Å². The van der Waals surface area contributed by atoms with Crippen LogP contribution >= 0.6 is 22.9 Å². The number of halogens is 1. The third kappa shape index (κ3) is 2.74. The fraction of sp³-hybridized carbons (Fsp3) is 0. The third-order valence-electron chi connectivity index (χ3n) is 2.75. The monoisotopic (exact) mass is 319 g/mol. The Hall–Kier alpha value is -2.38. The minimum Gasteiger partial charge on any atom is -0.397 e. The number of benzene rings is 1. The Morgan fingerprint density at radius 1 is 1.33 bits per heavy atom. The first-order chi connectivity index (χ1) is 10.0. The fourth-order valence-electron chi connectivity index (χ4n) is 1.82. The summed E-state index contributed by atoms with van der Waals surface area (Å²) in [5.74, 6) is -0.289. The lowest BCUT2D eigenvalue weighted by atomic mass is 10.2. The molecule has 106 valence electrons. The van der Waals surface area contributed by atoms with Gasteiger partial charge in [-0.3, -0.25) is 4.79 Å². The zero-order valence-electron chi connectivity index (χ0n) is 10.6. The van der Waals surface area contributed by atoms with E-state index in [9.17, 15) is 4.79 Å². The van der Waals surface area contributed by atoms with Crippen LogP contribution in [-0.4, -0.2) is 15.9 Å². The molecule has 0 bridgehead atoms. The van der Waals surface area contributed by atoms with Gasteiger partial charge in [0.25, 0.3) is 5.91 Å². The van der Waals surface area contributed by atoms with E-state index < -0.39 is 5.91 Å². The fourth-order valence-corrected chi connectivity index (χ4v) is 2.96. The molecule has 0 saturated heterocycles. The van der Waals surface area contributed by atoms with Gasteiger partial charge in [-0.05, 0) is 24.3 Å². The van der Waals surface area contributed by atoms with Gasteiger partial charge in [0.05, 0.1) is 27.7 Å². The number of nitrogens with one attached hydrogen (secondary N) is 1. The second kappa shape index (κ2) is 5.19. The smallest absolute Gasteiger partial charge is 0.252 e. The number of nitrogens with two attached hydrogens (primary N) is 2. The topological polar surface area (TPSA) is 107 Å². The summed E-state index contributed by atoms with van der Waals surface area (Å²) in [6.07, 6.45) is 1.44. The first-order valence-electron chi connectivity index (χ1n) is 5.91. The first kappa shape index (κ1) is 13.6. The minimum atomic E-state index is -0.610. The van der Waals surface area contributed by atoms with E-state index in [4.69, 9.17) is 23.1 Å². The maximum atomic E-state index is 11.4. The second-order valence-corrected chi connectivity index (χ2v) is 5.75. The van der Waals surface area contributed by atoms with Crippen molar-refractivity contribution < 1.29 is 4.79 Å². The molecule has 2 heterocycles. The lowest BCUT2D eigenvalue weighted by Gasteiger charge is -2.06. The highest BCUT2D eigenvalue weighted by Gasteiger charge is 2.12. The highest BCUT2D eigenvalue weighted by Crippen LogP contribution is 2.30. The van der Waals surface area contributed by atoms with Crippen LogP contribution in [-0.2, 0) is 0 Å². The van der Waals surface area contributed by atoms with Crippen molar-refractivity contribution in [2.45, 2.75) is 0 Å². The van der Waals surface area contributed by atoms with E-state index in [0.29, 0.717) is 21.7 Å². The summed E-state index contributed by atoms with van der Waals surface area (Å²) in [5, 5.41) is 4.22. The number of pyridine rings is 1. The van der Waals surface area contributed by atoms with Crippen LogP contribution in [0.5, 0.6) is 0 Å². The minimum absolute atomic E-state index is 0.215. The lowest BCUT2D eigenvalue weighted by molar-refractivity contribution is 0.100. The molecule has 0 spiro atoms. The third-order valence-corrected chi connectivity index (χ3v) is 3.92. The first-order valence-corrected chi connectivity index (χ1v) is 7.11. The summed E-state index contributed by atoms with van der Waals surface area (Å²) in [7, 11) is 0. The van der Waals surface area contributed by atoms with Crippen LogP contribution < -0.4 is 16.8 Å². The van der Waals surface area contributed by atoms with Crippen LogP contribution in [0.1, 0.15) is 10.4 Å². The van der Waals surface area contributed by atoms with Gasteiger partial charge in [0, 0.05) is 5.02 Å². The van der Waals surface area contributed by atoms with Crippen molar-refractivity contribution in [3.05, 3.63) is 41.0 Å². The highest BCUT2D eigenvalue weighted by atomic mass is 35.5. The Balaban J connectivity index is 2.00. The van der Waals surface area contributed by atoms with Crippen molar-refractivity contribution in [3.8, 4) is 0 Å². The van der Waals surface area contributed by atoms with Crippen LogP contribution in [0.4, 0.5) is 16.6 Å². The molecule has 0 atom stereocenters. The van der Waals surface area contributed by atoms with Crippen LogP contribution in [0.3, 0.4) is 0 Å². The standard InChI is InChI=1S/C13H10ClN5OS/c14-6-1-2-9-10(3-6)21-13(18-9)19-12-8(11(16)20)4-7(15)5-17-12/h1-5H,15H2,(H2,16,20)(H,17,18,19). The molecule has 0 fully saturated rings. The van der Waals surface area contributed by atoms with Crippen molar-refractivity contribution in [2.75, 3.05) is 11.1 Å². The van der Waals surface area contributed by atoms with Crippen LogP contribution in [0, 0.1) is 0 Å². The zero-order chi connectivity index (χ0) is 15.0. The Morgan fingerprint density at radius 3 is 2.90 bits per heavy atom. The number of fused-ring (bicyclic) bond motifs is 1. The van der Waals surface area contributed by atoms with Gasteiger partial charge < -0.3 is 16.8 Å². The molecule has 6 nitrogen and oxygen atoms in total. The number of amides is 1. The Kier molecular flexibility index (Phi) is 3.36. The molecule has 2 aromatic heterocycles. The molecule has 1 amide bonds. The molecule has 1 aromatic carbocycles. The van der Waals surface area contributed by atoms with Crippen molar-refractivity contribution in [3.63, 3.8) is 0 Å². The van der Waals surface area contributed by atoms with Gasteiger partial charge in [0.15, 0.2) is 5.13 Å². The number of thiazole rings is 1. The summed E-state index contributed by atoms with van der Waals surface area (Å²) >= 11 is 7.34. The van der Waals surface area contributed by atoms with Gasteiger partial charge in [-0.25, -0.2) is 9.97 Å². The Morgan fingerprint density at radius 2 is 2.14 bits per heavy atom. The molecule has 0 aliphatic rings. The molecule has 3 aromatic rings. The van der Waals surface area contributed by atoms with Gasteiger partial charge in [0.1, 0.15) is 5.82 Å². The molecular formula is C13H10ClN5OS. The second-order valence-electron chi connectivity index (χ2n) is 4.29. The number of rotatable bonds is 3. The number of anilines is 3. The van der Waals surface area contributed by atoms with Crippen molar-refractivity contribution in [2.24, 2.45) is 5.73 Å². The zero-order valence-corrected chi connectivity index (χ0v) is 12.2. The van der Waals surface area contributed by atoms with Crippen molar-refractivity contribution >= 4 is 55.7 Å². The van der Waals surface area contributed by atoms with Gasteiger partial charge in [0.2, 0.25) is 0 Å². The van der Waals surface area contributed by atoms with Crippen molar-refractivity contribution in [1.29, 1.82) is 0 Å². The summed E-state index contributed by atoms with van der Waals surface area (Å²) in [5.41, 5.74) is 12.3. The molecule has 0 radical (unpaired) electrons. The Bertz CT molecular complexity index is 848. The molecule has 3 rings (SSSR count). The van der Waals surface area contributed by atoms with E-state index in [0.717, 1.165) is 10.2 Å². The SMILES string of the molecule is NC(=O)c1cc(N)cnc1Nc1nc2ccc(Cl)cc2s1. The largest absolute Gasteiger partial charge is 0.397 e. The maximum absolute atomic E-state index is 11.4. The molecule has 0 aliphatic carbocycles. The number of primary amides is 1. The van der Waals surface area contributed by atoms with Crippen molar-refractivity contribution in [1.82, 2.24) is 9.97 Å². The van der Waals surface area contributed by atoms with E-state index in [1.807, 2.05) is 12.1 Å². The maximum Gasteiger partial charge on any atom is 0.252 e.